The molecule has 0 saturated heterocycles. The Balaban J connectivity index is 2.12. The fourth-order valence-corrected chi connectivity index (χ4v) is 2.69. The van der Waals surface area contributed by atoms with E-state index < -0.39 is 4.92 Å². The summed E-state index contributed by atoms with van der Waals surface area (Å²) in [7, 11) is 0. The molecule has 1 aromatic heterocycles. The molecule has 2 aromatic rings. The molecule has 0 aliphatic heterocycles. The first-order valence-electron chi connectivity index (χ1n) is 6.68. The maximum Gasteiger partial charge on any atom is 0.279 e. The third-order valence-electron chi connectivity index (χ3n) is 2.79. The van der Waals surface area contributed by atoms with Crippen molar-refractivity contribution in [1.29, 1.82) is 0 Å². The molecular formula is C14H18N4O2S. The smallest absolute Gasteiger partial charge is 0.279 e. The van der Waals surface area contributed by atoms with Gasteiger partial charge in [0.1, 0.15) is 5.01 Å². The Morgan fingerprint density at radius 2 is 2.00 bits per heavy atom. The predicted octanol–water partition coefficient (Wildman–Crippen LogP) is 3.04. The summed E-state index contributed by atoms with van der Waals surface area (Å²) < 4.78 is 0. The molecule has 0 atom stereocenters. The van der Waals surface area contributed by atoms with E-state index in [0.717, 1.165) is 18.0 Å². The van der Waals surface area contributed by atoms with E-state index in [9.17, 15) is 10.1 Å². The van der Waals surface area contributed by atoms with Crippen LogP contribution in [0.3, 0.4) is 0 Å². The molecule has 1 heterocycles. The quantitative estimate of drug-likeness (QED) is 0.678. The zero-order valence-electron chi connectivity index (χ0n) is 12.3. The fraction of sp³-hybridized carbons (Fsp3) is 0.429. The Bertz CT molecular complexity index is 634. The van der Waals surface area contributed by atoms with Gasteiger partial charge in [-0.2, -0.15) is 0 Å². The van der Waals surface area contributed by atoms with Crippen LogP contribution in [0.1, 0.15) is 25.8 Å². The number of nitrogens with zero attached hydrogens (tertiary/aromatic N) is 3. The van der Waals surface area contributed by atoms with Gasteiger partial charge in [0.15, 0.2) is 5.01 Å². The number of aromatic nitrogens is 2. The Kier molecular flexibility index (Phi) is 4.64. The Hall–Kier alpha value is -1.86. The summed E-state index contributed by atoms with van der Waals surface area (Å²) in [6, 6.07) is 6.61. The maximum absolute atomic E-state index is 11.0. The molecule has 6 nitrogen and oxygen atoms in total. The van der Waals surface area contributed by atoms with Crippen LogP contribution in [0.2, 0.25) is 0 Å². The van der Waals surface area contributed by atoms with Crippen LogP contribution in [0, 0.1) is 10.1 Å². The molecule has 112 valence electrons. The lowest BCUT2D eigenvalue weighted by Gasteiger charge is -2.19. The van der Waals surface area contributed by atoms with E-state index in [1.165, 1.54) is 17.4 Å². The van der Waals surface area contributed by atoms with Gasteiger partial charge in [-0.05, 0) is 26.8 Å². The average molecular weight is 306 g/mol. The van der Waals surface area contributed by atoms with Crippen molar-refractivity contribution < 1.29 is 4.92 Å². The van der Waals surface area contributed by atoms with E-state index >= 15 is 0 Å². The number of hydrogen-bond acceptors (Lipinski definition) is 6. The fourth-order valence-electron chi connectivity index (χ4n) is 1.82. The zero-order valence-corrected chi connectivity index (χ0v) is 13.1. The molecule has 2 rings (SSSR count). The first-order valence-corrected chi connectivity index (χ1v) is 7.50. The van der Waals surface area contributed by atoms with Gasteiger partial charge in [0.25, 0.3) is 5.69 Å². The summed E-state index contributed by atoms with van der Waals surface area (Å²) in [6.07, 6.45) is 0.759. The van der Waals surface area contributed by atoms with Crippen molar-refractivity contribution in [2.75, 3.05) is 6.54 Å². The number of nitrogens with one attached hydrogen (secondary N) is 1. The summed E-state index contributed by atoms with van der Waals surface area (Å²) in [4.78, 5) is 10.6. The van der Waals surface area contributed by atoms with Gasteiger partial charge in [0.05, 0.1) is 10.5 Å². The van der Waals surface area contributed by atoms with Crippen molar-refractivity contribution >= 4 is 17.0 Å². The standard InChI is InChI=1S/C14H18N4O2S/c1-14(2,3)15-9-8-12-16-17-13(21-12)10-6-4-5-7-11(10)18(19)20/h4-7,15H,8-9H2,1-3H3. The highest BCUT2D eigenvalue weighted by molar-refractivity contribution is 7.14. The Morgan fingerprint density at radius 1 is 1.29 bits per heavy atom. The highest BCUT2D eigenvalue weighted by Crippen LogP contribution is 2.31. The Morgan fingerprint density at radius 3 is 2.67 bits per heavy atom. The van der Waals surface area contributed by atoms with Crippen LogP contribution >= 0.6 is 11.3 Å². The zero-order chi connectivity index (χ0) is 15.5. The molecule has 0 amide bonds. The van der Waals surface area contributed by atoms with Crippen LogP contribution in [0.5, 0.6) is 0 Å². The van der Waals surface area contributed by atoms with Crippen molar-refractivity contribution in [2.45, 2.75) is 32.7 Å². The van der Waals surface area contributed by atoms with E-state index in [2.05, 4.69) is 36.3 Å². The van der Waals surface area contributed by atoms with Crippen molar-refractivity contribution in [2.24, 2.45) is 0 Å². The lowest BCUT2D eigenvalue weighted by Crippen LogP contribution is -2.37. The third-order valence-corrected chi connectivity index (χ3v) is 3.81. The van der Waals surface area contributed by atoms with Crippen molar-refractivity contribution in [3.8, 4) is 10.6 Å². The first-order chi connectivity index (χ1) is 9.87. The van der Waals surface area contributed by atoms with E-state index in [4.69, 9.17) is 0 Å². The van der Waals surface area contributed by atoms with Gasteiger partial charge in [-0.1, -0.05) is 23.5 Å². The number of nitro groups is 1. The second-order valence-corrected chi connectivity index (χ2v) is 6.76. The maximum atomic E-state index is 11.0. The van der Waals surface area contributed by atoms with Crippen molar-refractivity contribution in [3.63, 3.8) is 0 Å². The lowest BCUT2D eigenvalue weighted by molar-refractivity contribution is -0.384. The summed E-state index contributed by atoms with van der Waals surface area (Å²) in [5, 5.41) is 24.1. The van der Waals surface area contributed by atoms with Crippen LogP contribution in [0.4, 0.5) is 5.69 Å². The molecule has 0 aliphatic carbocycles. The van der Waals surface area contributed by atoms with Gasteiger partial charge >= 0.3 is 0 Å². The van der Waals surface area contributed by atoms with E-state index in [1.807, 2.05) is 0 Å². The van der Waals surface area contributed by atoms with Crippen LogP contribution in [-0.2, 0) is 6.42 Å². The summed E-state index contributed by atoms with van der Waals surface area (Å²) in [5.41, 5.74) is 0.647. The second-order valence-electron chi connectivity index (χ2n) is 5.70. The lowest BCUT2D eigenvalue weighted by atomic mass is 10.1. The van der Waals surface area contributed by atoms with E-state index in [1.54, 1.807) is 18.2 Å². The third kappa shape index (κ3) is 4.30. The number of rotatable bonds is 5. The number of nitro benzene ring substituents is 1. The number of benzene rings is 1. The van der Waals surface area contributed by atoms with Gasteiger partial charge in [-0.3, -0.25) is 10.1 Å². The minimum Gasteiger partial charge on any atom is -0.312 e. The minimum atomic E-state index is -0.391. The van der Waals surface area contributed by atoms with Gasteiger partial charge in [0, 0.05) is 24.6 Å². The normalized spacial score (nSPS) is 11.6. The molecule has 7 heteroatoms. The summed E-state index contributed by atoms with van der Waals surface area (Å²) in [6.45, 7) is 7.11. The van der Waals surface area contributed by atoms with E-state index in [0.29, 0.717) is 10.6 Å². The number of hydrogen-bond donors (Lipinski definition) is 1. The largest absolute Gasteiger partial charge is 0.312 e. The molecule has 0 fully saturated rings. The SMILES string of the molecule is CC(C)(C)NCCc1nnc(-c2ccccc2[N+](=O)[O-])s1. The molecule has 1 N–H and O–H groups in total. The Labute approximate surface area is 127 Å². The first kappa shape index (κ1) is 15.5. The molecule has 21 heavy (non-hydrogen) atoms. The summed E-state index contributed by atoms with van der Waals surface area (Å²) in [5.74, 6) is 0. The van der Waals surface area contributed by atoms with Gasteiger partial charge < -0.3 is 5.32 Å². The van der Waals surface area contributed by atoms with Gasteiger partial charge in [-0.25, -0.2) is 0 Å². The van der Waals surface area contributed by atoms with Crippen LogP contribution < -0.4 is 5.32 Å². The molecule has 0 saturated carbocycles. The highest BCUT2D eigenvalue weighted by Gasteiger charge is 2.18. The molecule has 0 unspecified atom stereocenters. The predicted molar refractivity (Wildman–Crippen MR) is 83.5 cm³/mol. The molecule has 0 aliphatic rings. The van der Waals surface area contributed by atoms with Gasteiger partial charge in [0.2, 0.25) is 0 Å². The van der Waals surface area contributed by atoms with Crippen molar-refractivity contribution in [1.82, 2.24) is 15.5 Å². The highest BCUT2D eigenvalue weighted by atomic mass is 32.1. The molecule has 0 spiro atoms. The molecule has 0 radical (unpaired) electrons. The monoisotopic (exact) mass is 306 g/mol. The average Bonchev–Trinajstić information content (AvgIpc) is 2.86. The van der Waals surface area contributed by atoms with Crippen molar-refractivity contribution in [3.05, 3.63) is 39.4 Å². The van der Waals surface area contributed by atoms with Gasteiger partial charge in [-0.15, -0.1) is 10.2 Å². The second kappa shape index (κ2) is 6.28. The van der Waals surface area contributed by atoms with Crippen LogP contribution in [-0.4, -0.2) is 27.2 Å². The topological polar surface area (TPSA) is 81.0 Å². The summed E-state index contributed by atoms with van der Waals surface area (Å²) >= 11 is 1.40. The molecular weight excluding hydrogens is 288 g/mol. The molecule has 1 aromatic carbocycles. The molecule has 0 bridgehead atoms. The minimum absolute atomic E-state index is 0.0612. The number of para-hydroxylation sites is 1. The van der Waals surface area contributed by atoms with Crippen LogP contribution in [0.15, 0.2) is 24.3 Å². The van der Waals surface area contributed by atoms with E-state index in [-0.39, 0.29) is 11.2 Å². The van der Waals surface area contributed by atoms with Crippen LogP contribution in [0.25, 0.3) is 10.6 Å².